The van der Waals surface area contributed by atoms with Crippen molar-refractivity contribution < 1.29 is 24.3 Å². The van der Waals surface area contributed by atoms with Crippen LogP contribution in [0.1, 0.15) is 61.2 Å². The third-order valence-corrected chi connectivity index (χ3v) is 5.85. The van der Waals surface area contributed by atoms with Crippen LogP contribution in [0.2, 0.25) is 5.02 Å². The number of carbonyl (C=O) groups is 4. The number of amides is 3. The second-order valence-electron chi connectivity index (χ2n) is 7.29. The Labute approximate surface area is 191 Å². The van der Waals surface area contributed by atoms with Gasteiger partial charge in [0.1, 0.15) is 0 Å². The molecule has 0 aromatic heterocycles. The van der Waals surface area contributed by atoms with Gasteiger partial charge in [-0.1, -0.05) is 11.6 Å². The van der Waals surface area contributed by atoms with Gasteiger partial charge in [0.15, 0.2) is 0 Å². The van der Waals surface area contributed by atoms with E-state index in [-0.39, 0.29) is 39.0 Å². The summed E-state index contributed by atoms with van der Waals surface area (Å²) < 4.78 is 0.340. The molecule has 2 aromatic rings. The van der Waals surface area contributed by atoms with Crippen molar-refractivity contribution in [3.63, 3.8) is 0 Å². The van der Waals surface area contributed by atoms with E-state index in [2.05, 4.69) is 26.6 Å². The summed E-state index contributed by atoms with van der Waals surface area (Å²) >= 11 is 9.40. The molecule has 2 aromatic carbocycles. The van der Waals surface area contributed by atoms with Gasteiger partial charge in [-0.15, -0.1) is 0 Å². The van der Waals surface area contributed by atoms with Gasteiger partial charge in [-0.05, 0) is 71.9 Å². The lowest BCUT2D eigenvalue weighted by Crippen LogP contribution is -2.34. The van der Waals surface area contributed by atoms with Gasteiger partial charge < -0.3 is 21.5 Å². The molecular formula is C21H19BrClN3O5. The molecule has 3 amide bonds. The number of nitrogens with two attached hydrogens (primary N) is 1. The number of rotatable bonds is 7. The highest BCUT2D eigenvalue weighted by atomic mass is 79.9. The van der Waals surface area contributed by atoms with Crippen LogP contribution in [0.5, 0.6) is 0 Å². The molecule has 1 aliphatic carbocycles. The zero-order valence-corrected chi connectivity index (χ0v) is 18.7. The number of anilines is 1. The lowest BCUT2D eigenvalue weighted by Gasteiger charge is -2.17. The number of carboxylic acid groups (broad SMARTS) is 1. The van der Waals surface area contributed by atoms with E-state index in [1.54, 1.807) is 0 Å². The summed E-state index contributed by atoms with van der Waals surface area (Å²) in [5.41, 5.74) is 5.01. The van der Waals surface area contributed by atoms with E-state index < -0.39 is 23.7 Å². The Balaban J connectivity index is 1.98. The summed E-state index contributed by atoms with van der Waals surface area (Å²) in [5, 5.41) is 15.0. The van der Waals surface area contributed by atoms with Crippen LogP contribution in [-0.4, -0.2) is 34.8 Å². The molecule has 31 heavy (non-hydrogen) atoms. The summed E-state index contributed by atoms with van der Waals surface area (Å²) in [5.74, 6) is -2.97. The van der Waals surface area contributed by atoms with Crippen molar-refractivity contribution in [1.82, 2.24) is 5.32 Å². The van der Waals surface area contributed by atoms with Crippen molar-refractivity contribution in [3.8, 4) is 0 Å². The summed E-state index contributed by atoms with van der Waals surface area (Å²) in [6.07, 6.45) is 2.08. The molecule has 1 fully saturated rings. The Morgan fingerprint density at radius 1 is 1.10 bits per heavy atom. The van der Waals surface area contributed by atoms with Gasteiger partial charge in [0.05, 0.1) is 27.9 Å². The number of benzene rings is 2. The first-order valence-electron chi connectivity index (χ1n) is 9.37. The second-order valence-corrected chi connectivity index (χ2v) is 8.58. The van der Waals surface area contributed by atoms with E-state index in [9.17, 15) is 24.3 Å². The van der Waals surface area contributed by atoms with E-state index in [4.69, 9.17) is 17.3 Å². The van der Waals surface area contributed by atoms with Gasteiger partial charge >= 0.3 is 5.97 Å². The third-order valence-electron chi connectivity index (χ3n) is 5.00. The van der Waals surface area contributed by atoms with Crippen LogP contribution in [0.25, 0.3) is 0 Å². The standard InChI is InChI=1S/C21H19BrClN3O5/c1-9(10-2-3-10)25-20(29)15-7-12(23)8-16(22)17(15)26-19(28)14-6-11(21(30)31)4-5-13(14)18(24)27/h4-10H,2-3H2,1H3,(H2,24,27)(H,25,29)(H,26,28)(H,30,31). The Morgan fingerprint density at radius 2 is 1.77 bits per heavy atom. The number of carbonyl (C=O) groups excluding carboxylic acids is 3. The Morgan fingerprint density at radius 3 is 2.35 bits per heavy atom. The minimum atomic E-state index is -1.27. The molecule has 0 heterocycles. The van der Waals surface area contributed by atoms with Gasteiger partial charge in [-0.3, -0.25) is 14.4 Å². The van der Waals surface area contributed by atoms with Crippen molar-refractivity contribution in [2.75, 3.05) is 5.32 Å². The van der Waals surface area contributed by atoms with Crippen LogP contribution >= 0.6 is 27.5 Å². The number of hydrogen-bond acceptors (Lipinski definition) is 4. The molecule has 0 saturated heterocycles. The zero-order valence-electron chi connectivity index (χ0n) is 16.4. The van der Waals surface area contributed by atoms with Crippen molar-refractivity contribution in [1.29, 1.82) is 0 Å². The zero-order chi connectivity index (χ0) is 22.9. The number of primary amides is 1. The number of carboxylic acids is 1. The van der Waals surface area contributed by atoms with E-state index in [0.29, 0.717) is 10.4 Å². The molecule has 8 nitrogen and oxygen atoms in total. The monoisotopic (exact) mass is 507 g/mol. The number of halogens is 2. The predicted octanol–water partition coefficient (Wildman–Crippen LogP) is 3.68. The largest absolute Gasteiger partial charge is 0.478 e. The SMILES string of the molecule is CC(NC(=O)c1cc(Cl)cc(Br)c1NC(=O)c1cc(C(=O)O)ccc1C(N)=O)C1CC1. The topological polar surface area (TPSA) is 139 Å². The fourth-order valence-corrected chi connectivity index (χ4v) is 4.05. The quantitative estimate of drug-likeness (QED) is 0.452. The van der Waals surface area contributed by atoms with Crippen LogP contribution in [0.15, 0.2) is 34.8 Å². The van der Waals surface area contributed by atoms with Crippen LogP contribution < -0.4 is 16.4 Å². The first kappa shape index (κ1) is 22.8. The number of hydrogen-bond donors (Lipinski definition) is 4. The molecule has 0 spiro atoms. The predicted molar refractivity (Wildman–Crippen MR) is 119 cm³/mol. The smallest absolute Gasteiger partial charge is 0.335 e. The minimum Gasteiger partial charge on any atom is -0.478 e. The minimum absolute atomic E-state index is 0.0393. The van der Waals surface area contributed by atoms with Gasteiger partial charge in [-0.2, -0.15) is 0 Å². The van der Waals surface area contributed by atoms with Crippen molar-refractivity contribution >= 4 is 56.9 Å². The van der Waals surface area contributed by atoms with Gasteiger partial charge in [0.2, 0.25) is 5.91 Å². The maximum Gasteiger partial charge on any atom is 0.335 e. The highest BCUT2D eigenvalue weighted by molar-refractivity contribution is 9.10. The molecule has 5 N–H and O–H groups in total. The maximum absolute atomic E-state index is 13.0. The Kier molecular flexibility index (Phi) is 6.66. The molecule has 10 heteroatoms. The molecule has 1 unspecified atom stereocenters. The molecular weight excluding hydrogens is 490 g/mol. The molecule has 3 rings (SSSR count). The highest BCUT2D eigenvalue weighted by Gasteiger charge is 2.30. The molecule has 0 radical (unpaired) electrons. The normalized spacial score (nSPS) is 13.9. The van der Waals surface area contributed by atoms with Crippen LogP contribution in [-0.2, 0) is 0 Å². The number of aromatic carboxylic acids is 1. The van der Waals surface area contributed by atoms with Gasteiger partial charge in [-0.25, -0.2) is 4.79 Å². The fourth-order valence-electron chi connectivity index (χ4n) is 3.14. The van der Waals surface area contributed by atoms with E-state index >= 15 is 0 Å². The summed E-state index contributed by atoms with van der Waals surface area (Å²) in [6.45, 7) is 1.91. The van der Waals surface area contributed by atoms with Crippen molar-refractivity contribution in [3.05, 3.63) is 62.1 Å². The van der Waals surface area contributed by atoms with Gasteiger partial charge in [0.25, 0.3) is 11.8 Å². The summed E-state index contributed by atoms with van der Waals surface area (Å²) in [4.78, 5) is 48.9. The molecule has 1 aliphatic rings. The van der Waals surface area contributed by atoms with Crippen molar-refractivity contribution in [2.24, 2.45) is 11.7 Å². The average molecular weight is 509 g/mol. The van der Waals surface area contributed by atoms with E-state index in [0.717, 1.165) is 18.9 Å². The molecule has 162 valence electrons. The van der Waals surface area contributed by atoms with Gasteiger partial charge in [0, 0.05) is 15.5 Å². The maximum atomic E-state index is 13.0. The molecule has 0 aliphatic heterocycles. The number of nitrogens with one attached hydrogen (secondary N) is 2. The molecule has 1 atom stereocenters. The first-order valence-corrected chi connectivity index (χ1v) is 10.5. The average Bonchev–Trinajstić information content (AvgIpc) is 3.54. The van der Waals surface area contributed by atoms with Crippen LogP contribution in [0.3, 0.4) is 0 Å². The van der Waals surface area contributed by atoms with E-state index in [1.165, 1.54) is 24.3 Å². The Bertz CT molecular complexity index is 1100. The van der Waals surface area contributed by atoms with E-state index in [1.807, 2.05) is 6.92 Å². The van der Waals surface area contributed by atoms with Crippen molar-refractivity contribution in [2.45, 2.75) is 25.8 Å². The summed E-state index contributed by atoms with van der Waals surface area (Å²) in [6, 6.07) is 6.28. The fraction of sp³-hybridized carbons (Fsp3) is 0.238. The second kappa shape index (κ2) is 9.07. The first-order chi connectivity index (χ1) is 14.6. The lowest BCUT2D eigenvalue weighted by molar-refractivity contribution is 0.0696. The lowest BCUT2D eigenvalue weighted by atomic mass is 10.0. The Hall–Kier alpha value is -2.91. The molecule has 0 bridgehead atoms. The highest BCUT2D eigenvalue weighted by Crippen LogP contribution is 2.34. The third kappa shape index (κ3) is 5.23. The van der Waals surface area contributed by atoms with Crippen LogP contribution in [0, 0.1) is 5.92 Å². The molecule has 1 saturated carbocycles. The van der Waals surface area contributed by atoms with Crippen LogP contribution in [0.4, 0.5) is 5.69 Å². The summed E-state index contributed by atoms with van der Waals surface area (Å²) in [7, 11) is 0.